The zero-order chi connectivity index (χ0) is 16.2. The highest BCUT2D eigenvalue weighted by atomic mass is 35.5. The van der Waals surface area contributed by atoms with Gasteiger partial charge in [-0.05, 0) is 32.9 Å². The molecule has 116 valence electrons. The van der Waals surface area contributed by atoms with Crippen LogP contribution in [0.4, 0.5) is 0 Å². The Labute approximate surface area is 137 Å². The molecule has 1 aromatic rings. The van der Waals surface area contributed by atoms with Gasteiger partial charge in [0, 0.05) is 5.46 Å². The summed E-state index contributed by atoms with van der Waals surface area (Å²) < 4.78 is 12.2. The molecule has 0 atom stereocenters. The molecule has 1 aliphatic heterocycles. The lowest BCUT2D eigenvalue weighted by atomic mass is 9.80. The Balaban J connectivity index is 2.59. The van der Waals surface area contributed by atoms with Crippen LogP contribution in [0.25, 0.3) is 0 Å². The topological polar surface area (TPSA) is 44.2 Å². The summed E-state index contributed by atoms with van der Waals surface area (Å²) in [5.41, 5.74) is -0.143. The second-order valence-electron chi connectivity index (χ2n) is 7.41. The number of hydrogen-bond donors (Lipinski definition) is 0. The minimum absolute atomic E-state index is 0.301. The minimum Gasteiger partial charge on any atom is -0.399 e. The van der Waals surface area contributed by atoms with Crippen LogP contribution in [-0.2, 0) is 9.31 Å². The standard InChI is InChI=1S/C13H21BCl2N2O2Si/c1-12(2)13(3,4)20-14(19-12)8-9(21(5,6)7)11(16)18-17-10(8)15/h1-7H3. The lowest BCUT2D eigenvalue weighted by molar-refractivity contribution is 0.00578. The fraction of sp³-hybridized carbons (Fsp3) is 0.692. The Morgan fingerprint density at radius 2 is 1.33 bits per heavy atom. The van der Waals surface area contributed by atoms with Gasteiger partial charge in [0.05, 0.1) is 19.3 Å². The van der Waals surface area contributed by atoms with Crippen molar-refractivity contribution in [3.8, 4) is 0 Å². The van der Waals surface area contributed by atoms with Crippen molar-refractivity contribution in [3.05, 3.63) is 10.3 Å². The van der Waals surface area contributed by atoms with E-state index in [9.17, 15) is 0 Å². The van der Waals surface area contributed by atoms with Crippen molar-refractivity contribution < 1.29 is 9.31 Å². The van der Waals surface area contributed by atoms with E-state index in [1.165, 1.54) is 0 Å². The summed E-state index contributed by atoms with van der Waals surface area (Å²) in [6.07, 6.45) is 0. The van der Waals surface area contributed by atoms with E-state index in [2.05, 4.69) is 29.8 Å². The fourth-order valence-corrected chi connectivity index (χ4v) is 5.30. The molecule has 2 rings (SSSR count). The van der Waals surface area contributed by atoms with Gasteiger partial charge >= 0.3 is 7.12 Å². The summed E-state index contributed by atoms with van der Waals surface area (Å²) in [4.78, 5) is 0. The smallest absolute Gasteiger partial charge is 0.399 e. The van der Waals surface area contributed by atoms with Gasteiger partial charge in [0.15, 0.2) is 10.3 Å². The van der Waals surface area contributed by atoms with Crippen LogP contribution in [-0.4, -0.2) is 36.6 Å². The van der Waals surface area contributed by atoms with Crippen LogP contribution in [0, 0.1) is 0 Å². The quantitative estimate of drug-likeness (QED) is 0.772. The Morgan fingerprint density at radius 3 is 1.76 bits per heavy atom. The molecule has 21 heavy (non-hydrogen) atoms. The van der Waals surface area contributed by atoms with Gasteiger partial charge in [-0.1, -0.05) is 42.8 Å². The number of halogens is 2. The van der Waals surface area contributed by atoms with Gasteiger partial charge in [-0.3, -0.25) is 0 Å². The number of hydrogen-bond acceptors (Lipinski definition) is 4. The average Bonchev–Trinajstić information content (AvgIpc) is 2.49. The summed E-state index contributed by atoms with van der Waals surface area (Å²) in [5.74, 6) is 0. The molecule has 0 bridgehead atoms. The highest BCUT2D eigenvalue weighted by molar-refractivity contribution is 6.94. The molecule has 0 saturated carbocycles. The normalized spacial score (nSPS) is 20.9. The van der Waals surface area contributed by atoms with E-state index in [1.807, 2.05) is 27.7 Å². The van der Waals surface area contributed by atoms with Crippen molar-refractivity contribution in [2.45, 2.75) is 58.5 Å². The van der Waals surface area contributed by atoms with Crippen molar-refractivity contribution >= 4 is 49.0 Å². The molecular weight excluding hydrogens is 326 g/mol. The highest BCUT2D eigenvalue weighted by Crippen LogP contribution is 2.37. The van der Waals surface area contributed by atoms with Crippen molar-refractivity contribution in [3.63, 3.8) is 0 Å². The van der Waals surface area contributed by atoms with Gasteiger partial charge in [-0.15, -0.1) is 10.2 Å². The zero-order valence-electron chi connectivity index (χ0n) is 13.5. The molecule has 0 unspecified atom stereocenters. The third-order valence-electron chi connectivity index (χ3n) is 4.16. The molecule has 0 spiro atoms. The van der Waals surface area contributed by atoms with Crippen LogP contribution in [0.2, 0.25) is 29.9 Å². The van der Waals surface area contributed by atoms with E-state index in [4.69, 9.17) is 32.5 Å². The van der Waals surface area contributed by atoms with E-state index in [0.29, 0.717) is 10.3 Å². The molecule has 0 N–H and O–H groups in total. The molecule has 1 saturated heterocycles. The molecule has 4 nitrogen and oxygen atoms in total. The largest absolute Gasteiger partial charge is 0.498 e. The molecule has 8 heteroatoms. The number of nitrogens with zero attached hydrogens (tertiary/aromatic N) is 2. The first-order valence-electron chi connectivity index (χ1n) is 6.94. The van der Waals surface area contributed by atoms with Gasteiger partial charge in [0.2, 0.25) is 0 Å². The maximum atomic E-state index is 6.30. The van der Waals surface area contributed by atoms with E-state index in [-0.39, 0.29) is 0 Å². The van der Waals surface area contributed by atoms with E-state index < -0.39 is 26.4 Å². The Kier molecular flexibility index (Phi) is 4.26. The summed E-state index contributed by atoms with van der Waals surface area (Å²) in [7, 11) is -2.36. The van der Waals surface area contributed by atoms with Crippen molar-refractivity contribution in [2.75, 3.05) is 0 Å². The summed E-state index contributed by atoms with van der Waals surface area (Å²) >= 11 is 12.6. The Hall–Kier alpha value is -0.138. The van der Waals surface area contributed by atoms with Crippen LogP contribution in [0.3, 0.4) is 0 Å². The van der Waals surface area contributed by atoms with Gasteiger partial charge in [-0.25, -0.2) is 0 Å². The van der Waals surface area contributed by atoms with Crippen LogP contribution in [0.1, 0.15) is 27.7 Å². The molecule has 0 amide bonds. The highest BCUT2D eigenvalue weighted by Gasteiger charge is 2.53. The maximum Gasteiger partial charge on any atom is 0.498 e. The summed E-state index contributed by atoms with van der Waals surface area (Å²) in [6, 6.07) is 0. The molecule has 1 aliphatic rings. The lowest BCUT2D eigenvalue weighted by Crippen LogP contribution is -2.56. The number of rotatable bonds is 2. The molecule has 0 aliphatic carbocycles. The summed E-state index contributed by atoms with van der Waals surface area (Å²) in [6.45, 7) is 14.6. The second-order valence-corrected chi connectivity index (χ2v) is 13.1. The van der Waals surface area contributed by atoms with Crippen LogP contribution < -0.4 is 10.6 Å². The molecule has 0 radical (unpaired) electrons. The van der Waals surface area contributed by atoms with Gasteiger partial charge in [0.25, 0.3) is 0 Å². The molecular formula is C13H21BCl2N2O2Si. The van der Waals surface area contributed by atoms with Crippen molar-refractivity contribution in [2.24, 2.45) is 0 Å². The minimum atomic E-state index is -1.79. The number of aromatic nitrogens is 2. The maximum absolute atomic E-state index is 6.30. The molecule has 0 aromatic carbocycles. The zero-order valence-corrected chi connectivity index (χ0v) is 16.1. The van der Waals surface area contributed by atoms with Crippen LogP contribution >= 0.6 is 23.2 Å². The molecule has 2 heterocycles. The first-order chi connectivity index (χ1) is 9.37. The monoisotopic (exact) mass is 346 g/mol. The fourth-order valence-electron chi connectivity index (χ4n) is 2.30. The predicted octanol–water partition coefficient (Wildman–Crippen LogP) is 2.63. The van der Waals surface area contributed by atoms with Crippen LogP contribution in [0.15, 0.2) is 0 Å². The van der Waals surface area contributed by atoms with Gasteiger partial charge in [0.1, 0.15) is 0 Å². The van der Waals surface area contributed by atoms with Crippen molar-refractivity contribution in [1.82, 2.24) is 10.2 Å². The summed E-state index contributed by atoms with van der Waals surface area (Å²) in [5, 5.41) is 9.54. The molecule has 1 fully saturated rings. The van der Waals surface area contributed by atoms with E-state index >= 15 is 0 Å². The van der Waals surface area contributed by atoms with E-state index in [1.54, 1.807) is 0 Å². The van der Waals surface area contributed by atoms with Gasteiger partial charge < -0.3 is 9.31 Å². The van der Waals surface area contributed by atoms with Crippen LogP contribution in [0.5, 0.6) is 0 Å². The lowest BCUT2D eigenvalue weighted by Gasteiger charge is -2.32. The average molecular weight is 347 g/mol. The Bertz CT molecular complexity index is 560. The first-order valence-corrected chi connectivity index (χ1v) is 11.2. The first kappa shape index (κ1) is 17.2. The van der Waals surface area contributed by atoms with Crippen molar-refractivity contribution in [1.29, 1.82) is 0 Å². The third kappa shape index (κ3) is 3.01. The second kappa shape index (κ2) is 5.20. The van der Waals surface area contributed by atoms with E-state index in [0.717, 1.165) is 10.6 Å². The third-order valence-corrected chi connectivity index (χ3v) is 6.87. The predicted molar refractivity (Wildman–Crippen MR) is 90.7 cm³/mol. The molecule has 1 aromatic heterocycles. The Morgan fingerprint density at radius 1 is 0.905 bits per heavy atom. The SMILES string of the molecule is CC1(C)OB(c2c(Cl)nnc(Cl)c2[Si](C)(C)C)OC1(C)C. The van der Waals surface area contributed by atoms with Gasteiger partial charge in [-0.2, -0.15) is 0 Å².